The molecule has 0 unspecified atom stereocenters. The van der Waals surface area contributed by atoms with Gasteiger partial charge >= 0.3 is 0 Å². The van der Waals surface area contributed by atoms with Gasteiger partial charge in [-0.1, -0.05) is 54.2 Å². The number of likely N-dealkylation sites (tertiary alicyclic amines) is 1. The molecular formula is C21H24Cl2N2O2. The minimum absolute atomic E-state index is 0.106. The van der Waals surface area contributed by atoms with Crippen molar-refractivity contribution in [2.45, 2.75) is 31.7 Å². The first kappa shape index (κ1) is 20.0. The number of ether oxygens (including phenoxy) is 1. The van der Waals surface area contributed by atoms with Crippen LogP contribution in [0.1, 0.15) is 37.3 Å². The summed E-state index contributed by atoms with van der Waals surface area (Å²) in [5.41, 5.74) is 1.68. The molecule has 0 bridgehead atoms. The van der Waals surface area contributed by atoms with E-state index in [1.165, 1.54) is 12.0 Å². The molecule has 2 aromatic carbocycles. The minimum atomic E-state index is -0.106. The predicted octanol–water partition coefficient (Wildman–Crippen LogP) is 5.56. The second-order valence-electron chi connectivity index (χ2n) is 6.75. The van der Waals surface area contributed by atoms with Crippen LogP contribution in [0.5, 0.6) is 5.75 Å². The lowest BCUT2D eigenvalue weighted by Gasteiger charge is -2.30. The maximum atomic E-state index is 12.7. The fourth-order valence-electron chi connectivity index (χ4n) is 3.54. The quantitative estimate of drug-likeness (QED) is 0.706. The number of rotatable bonds is 5. The van der Waals surface area contributed by atoms with Gasteiger partial charge in [0.05, 0.1) is 29.4 Å². The number of carbonyl (C=O) groups excluding carboxylic acids is 1. The first-order valence-electron chi connectivity index (χ1n) is 9.20. The summed E-state index contributed by atoms with van der Waals surface area (Å²) in [7, 11) is 1.66. The number of amides is 1. The van der Waals surface area contributed by atoms with Crippen LogP contribution in [0.3, 0.4) is 0 Å². The molecule has 6 heteroatoms. The Bertz CT molecular complexity index is 760. The number of carbonyl (C=O) groups is 1. The second-order valence-corrected chi connectivity index (χ2v) is 7.57. The lowest BCUT2D eigenvalue weighted by Crippen LogP contribution is -2.36. The lowest BCUT2D eigenvalue weighted by molar-refractivity contribution is -0.117. The molecule has 0 aromatic heterocycles. The summed E-state index contributed by atoms with van der Waals surface area (Å²) in [5.74, 6) is 0.732. The van der Waals surface area contributed by atoms with E-state index in [1.54, 1.807) is 25.3 Å². The molecule has 1 N–H and O–H groups in total. The van der Waals surface area contributed by atoms with Crippen LogP contribution in [-0.2, 0) is 4.79 Å². The van der Waals surface area contributed by atoms with Crippen LogP contribution in [0.15, 0.2) is 42.5 Å². The number of para-hydroxylation sites is 1. The van der Waals surface area contributed by atoms with Crippen LogP contribution >= 0.6 is 23.2 Å². The largest absolute Gasteiger partial charge is 0.497 e. The van der Waals surface area contributed by atoms with Crippen molar-refractivity contribution in [3.05, 3.63) is 58.1 Å². The highest BCUT2D eigenvalue weighted by molar-refractivity contribution is 6.39. The average Bonchev–Trinajstić information content (AvgIpc) is 2.90. The molecule has 144 valence electrons. The Kier molecular flexibility index (Phi) is 7.00. The van der Waals surface area contributed by atoms with Gasteiger partial charge in [0, 0.05) is 6.04 Å². The Balaban J connectivity index is 1.74. The third kappa shape index (κ3) is 5.16. The van der Waals surface area contributed by atoms with Crippen LogP contribution in [0, 0.1) is 0 Å². The number of methoxy groups -OCH3 is 1. The third-order valence-electron chi connectivity index (χ3n) is 4.94. The van der Waals surface area contributed by atoms with Crippen molar-refractivity contribution in [1.82, 2.24) is 4.90 Å². The zero-order valence-corrected chi connectivity index (χ0v) is 16.9. The van der Waals surface area contributed by atoms with Gasteiger partial charge in [-0.25, -0.2) is 0 Å². The normalized spacial score (nSPS) is 18.0. The van der Waals surface area contributed by atoms with E-state index in [0.29, 0.717) is 22.3 Å². The fraction of sp³-hybridized carbons (Fsp3) is 0.381. The Morgan fingerprint density at radius 1 is 1.11 bits per heavy atom. The van der Waals surface area contributed by atoms with E-state index in [9.17, 15) is 4.79 Å². The molecule has 1 amide bonds. The summed E-state index contributed by atoms with van der Waals surface area (Å²) >= 11 is 12.3. The monoisotopic (exact) mass is 406 g/mol. The minimum Gasteiger partial charge on any atom is -0.497 e. The van der Waals surface area contributed by atoms with Crippen molar-refractivity contribution in [2.24, 2.45) is 0 Å². The number of nitrogens with one attached hydrogen (secondary N) is 1. The molecule has 1 saturated heterocycles. The highest BCUT2D eigenvalue weighted by Crippen LogP contribution is 2.32. The van der Waals surface area contributed by atoms with Crippen molar-refractivity contribution in [3.8, 4) is 5.75 Å². The average molecular weight is 407 g/mol. The van der Waals surface area contributed by atoms with Crippen LogP contribution in [0.25, 0.3) is 0 Å². The summed E-state index contributed by atoms with van der Waals surface area (Å²) in [6.45, 7) is 1.19. The van der Waals surface area contributed by atoms with E-state index in [0.717, 1.165) is 31.6 Å². The van der Waals surface area contributed by atoms with Gasteiger partial charge in [-0.05, 0) is 49.2 Å². The van der Waals surface area contributed by atoms with E-state index >= 15 is 0 Å². The standard InChI is InChI=1S/C21H24Cl2N2O2/c1-27-16-11-9-15(10-12-16)19-8-3-2-4-13-25(19)14-20(26)24-21-17(22)6-5-7-18(21)23/h5-7,9-12,19H,2-4,8,13-14H2,1H3,(H,24,26)/t19-/m0/s1. The van der Waals surface area contributed by atoms with Crippen LogP contribution in [0.2, 0.25) is 10.0 Å². The number of anilines is 1. The highest BCUT2D eigenvalue weighted by atomic mass is 35.5. The number of hydrogen-bond donors (Lipinski definition) is 1. The molecule has 1 atom stereocenters. The van der Waals surface area contributed by atoms with Crippen molar-refractivity contribution in [3.63, 3.8) is 0 Å². The Morgan fingerprint density at radius 3 is 2.48 bits per heavy atom. The molecule has 0 spiro atoms. The molecule has 1 aliphatic rings. The molecule has 0 radical (unpaired) electrons. The van der Waals surface area contributed by atoms with Gasteiger partial charge < -0.3 is 10.1 Å². The zero-order valence-electron chi connectivity index (χ0n) is 15.4. The second kappa shape index (κ2) is 9.45. The van der Waals surface area contributed by atoms with Crippen molar-refractivity contribution in [1.29, 1.82) is 0 Å². The summed E-state index contributed by atoms with van der Waals surface area (Å²) in [5, 5.41) is 3.76. The van der Waals surface area contributed by atoms with Gasteiger partial charge in [0.25, 0.3) is 0 Å². The molecule has 1 aliphatic heterocycles. The van der Waals surface area contributed by atoms with Gasteiger partial charge in [-0.15, -0.1) is 0 Å². The predicted molar refractivity (Wildman–Crippen MR) is 111 cm³/mol. The lowest BCUT2D eigenvalue weighted by atomic mass is 10.0. The van der Waals surface area contributed by atoms with E-state index in [4.69, 9.17) is 27.9 Å². The van der Waals surface area contributed by atoms with E-state index < -0.39 is 0 Å². The summed E-state index contributed by atoms with van der Waals surface area (Å²) in [6.07, 6.45) is 4.46. The van der Waals surface area contributed by atoms with Gasteiger partial charge in [0.2, 0.25) is 5.91 Å². The summed E-state index contributed by atoms with van der Waals surface area (Å²) in [4.78, 5) is 14.9. The summed E-state index contributed by atoms with van der Waals surface area (Å²) < 4.78 is 5.26. The van der Waals surface area contributed by atoms with E-state index in [1.807, 2.05) is 12.1 Å². The zero-order chi connectivity index (χ0) is 19.2. The molecule has 0 saturated carbocycles. The van der Waals surface area contributed by atoms with Gasteiger partial charge in [0.15, 0.2) is 0 Å². The van der Waals surface area contributed by atoms with Gasteiger partial charge in [-0.3, -0.25) is 9.69 Å². The molecule has 1 fully saturated rings. The smallest absolute Gasteiger partial charge is 0.238 e. The fourth-order valence-corrected chi connectivity index (χ4v) is 4.03. The number of benzene rings is 2. The van der Waals surface area contributed by atoms with Crippen molar-refractivity contribution >= 4 is 34.8 Å². The van der Waals surface area contributed by atoms with Gasteiger partial charge in [-0.2, -0.15) is 0 Å². The molecule has 1 heterocycles. The SMILES string of the molecule is COc1ccc([C@@H]2CCCCCN2CC(=O)Nc2c(Cl)cccc2Cl)cc1. The highest BCUT2D eigenvalue weighted by Gasteiger charge is 2.25. The van der Waals surface area contributed by atoms with Crippen LogP contribution in [0.4, 0.5) is 5.69 Å². The summed E-state index contributed by atoms with van der Waals surface area (Å²) in [6, 6.07) is 13.5. The van der Waals surface area contributed by atoms with Crippen molar-refractivity contribution in [2.75, 3.05) is 25.5 Å². The van der Waals surface area contributed by atoms with Gasteiger partial charge in [0.1, 0.15) is 5.75 Å². The van der Waals surface area contributed by atoms with E-state index in [-0.39, 0.29) is 11.9 Å². The Labute approximate surface area is 170 Å². The first-order chi connectivity index (χ1) is 13.1. The third-order valence-corrected chi connectivity index (χ3v) is 5.57. The number of hydrogen-bond acceptors (Lipinski definition) is 3. The topological polar surface area (TPSA) is 41.6 Å². The number of nitrogens with zero attached hydrogens (tertiary/aromatic N) is 1. The molecule has 3 rings (SSSR count). The molecule has 0 aliphatic carbocycles. The maximum Gasteiger partial charge on any atom is 0.238 e. The Morgan fingerprint density at radius 2 is 1.81 bits per heavy atom. The van der Waals surface area contributed by atoms with E-state index in [2.05, 4.69) is 22.3 Å². The van der Waals surface area contributed by atoms with Crippen molar-refractivity contribution < 1.29 is 9.53 Å². The first-order valence-corrected chi connectivity index (χ1v) is 9.96. The molecule has 2 aromatic rings. The molecule has 27 heavy (non-hydrogen) atoms. The van der Waals surface area contributed by atoms with Crippen LogP contribution in [-0.4, -0.2) is 31.0 Å². The number of halogens is 2. The molecule has 4 nitrogen and oxygen atoms in total. The maximum absolute atomic E-state index is 12.7. The Hall–Kier alpha value is -1.75. The molecular weight excluding hydrogens is 383 g/mol. The van der Waals surface area contributed by atoms with Crippen LogP contribution < -0.4 is 10.1 Å².